The monoisotopic (exact) mass is 363 g/mol. The van der Waals surface area contributed by atoms with Crippen molar-refractivity contribution in [3.63, 3.8) is 0 Å². The van der Waals surface area contributed by atoms with Crippen LogP contribution >= 0.6 is 11.6 Å². The maximum Gasteiger partial charge on any atom is 0.379 e. The molecule has 2 aromatic heterocycles. The van der Waals surface area contributed by atoms with E-state index in [4.69, 9.17) is 20.8 Å². The predicted octanol–water partition coefficient (Wildman–Crippen LogP) is 5.68. The molecule has 26 heavy (non-hydrogen) atoms. The lowest BCUT2D eigenvalue weighted by atomic mass is 10.2. The molecule has 0 N–H and O–H groups in total. The molecular formula is C21H14ClNO3. The zero-order valence-electron chi connectivity index (χ0n) is 13.9. The summed E-state index contributed by atoms with van der Waals surface area (Å²) < 4.78 is 11.2. The van der Waals surface area contributed by atoms with E-state index < -0.39 is 5.97 Å². The van der Waals surface area contributed by atoms with E-state index in [1.165, 1.54) is 0 Å². The number of fused-ring (bicyclic) bond motifs is 1. The van der Waals surface area contributed by atoms with Gasteiger partial charge in [0, 0.05) is 21.7 Å². The highest BCUT2D eigenvalue weighted by Crippen LogP contribution is 2.27. The minimum Gasteiger partial charge on any atom is -0.449 e. The van der Waals surface area contributed by atoms with Crippen LogP contribution in [0.3, 0.4) is 0 Å². The number of carbonyl (C=O) groups excluding carboxylic acids is 1. The number of pyridine rings is 1. The second kappa shape index (κ2) is 6.65. The van der Waals surface area contributed by atoms with Crippen LogP contribution in [0.2, 0.25) is 5.02 Å². The van der Waals surface area contributed by atoms with Gasteiger partial charge in [-0.05, 0) is 43.3 Å². The summed E-state index contributed by atoms with van der Waals surface area (Å²) in [6, 6.07) is 19.8. The molecule has 4 aromatic rings. The van der Waals surface area contributed by atoms with E-state index in [9.17, 15) is 4.79 Å². The Bertz CT molecular complexity index is 1120. The lowest BCUT2D eigenvalue weighted by molar-refractivity contribution is 0.0704. The maximum absolute atomic E-state index is 12.5. The molecule has 2 aromatic carbocycles. The third-order valence-corrected chi connectivity index (χ3v) is 4.18. The lowest BCUT2D eigenvalue weighted by Crippen LogP contribution is -2.07. The van der Waals surface area contributed by atoms with Crippen LogP contribution in [0.25, 0.3) is 22.2 Å². The number of aryl methyl sites for hydroxylation is 1. The van der Waals surface area contributed by atoms with Crippen molar-refractivity contribution in [3.05, 3.63) is 83.2 Å². The van der Waals surface area contributed by atoms with E-state index in [0.717, 1.165) is 16.6 Å². The number of esters is 1. The van der Waals surface area contributed by atoms with E-state index in [2.05, 4.69) is 4.98 Å². The third-order valence-electron chi connectivity index (χ3n) is 3.94. The number of para-hydroxylation sites is 1. The molecule has 0 bridgehead atoms. The molecule has 0 radical (unpaired) electrons. The van der Waals surface area contributed by atoms with Crippen molar-refractivity contribution >= 4 is 28.5 Å². The molecule has 2 heterocycles. The second-order valence-electron chi connectivity index (χ2n) is 5.84. The third kappa shape index (κ3) is 3.19. The van der Waals surface area contributed by atoms with Gasteiger partial charge in [0.05, 0.1) is 0 Å². The number of halogens is 1. The Morgan fingerprint density at radius 3 is 2.73 bits per heavy atom. The normalized spacial score (nSPS) is 10.8. The van der Waals surface area contributed by atoms with Crippen LogP contribution in [0, 0.1) is 6.92 Å². The Hall–Kier alpha value is -3.11. The highest BCUT2D eigenvalue weighted by atomic mass is 35.5. The standard InChI is InChI=1S/C21H14ClNO3/c1-13-8-9-14-4-3-7-18(20(14)23-13)26-21(24)19-11-10-17(25-19)15-5-2-6-16(22)12-15/h2-12H,1H3. The molecule has 0 aliphatic rings. The Balaban J connectivity index is 1.63. The number of rotatable bonds is 3. The molecule has 0 spiro atoms. The van der Waals surface area contributed by atoms with Crippen molar-refractivity contribution < 1.29 is 13.9 Å². The van der Waals surface area contributed by atoms with E-state index in [-0.39, 0.29) is 5.76 Å². The number of aromatic nitrogens is 1. The number of benzene rings is 2. The number of furan rings is 1. The fourth-order valence-corrected chi connectivity index (χ4v) is 2.88. The van der Waals surface area contributed by atoms with Crippen LogP contribution < -0.4 is 4.74 Å². The number of carbonyl (C=O) groups is 1. The molecule has 128 valence electrons. The first-order chi connectivity index (χ1) is 12.6. The molecule has 0 unspecified atom stereocenters. The predicted molar refractivity (Wildman–Crippen MR) is 101 cm³/mol. The smallest absolute Gasteiger partial charge is 0.379 e. The molecule has 5 heteroatoms. The van der Waals surface area contributed by atoms with E-state index in [1.807, 2.05) is 43.3 Å². The molecule has 4 nitrogen and oxygen atoms in total. The summed E-state index contributed by atoms with van der Waals surface area (Å²) in [7, 11) is 0. The number of hydrogen-bond acceptors (Lipinski definition) is 4. The summed E-state index contributed by atoms with van der Waals surface area (Å²) in [5.74, 6) is 0.488. The quantitative estimate of drug-likeness (QED) is 0.347. The van der Waals surface area contributed by atoms with Gasteiger partial charge in [-0.3, -0.25) is 0 Å². The van der Waals surface area contributed by atoms with Crippen molar-refractivity contribution in [1.29, 1.82) is 0 Å². The summed E-state index contributed by atoms with van der Waals surface area (Å²) >= 11 is 6.00. The first-order valence-corrected chi connectivity index (χ1v) is 8.42. The molecule has 0 saturated carbocycles. The SMILES string of the molecule is Cc1ccc2cccc(OC(=O)c3ccc(-c4cccc(Cl)c4)o3)c2n1. The van der Waals surface area contributed by atoms with Gasteiger partial charge in [-0.2, -0.15) is 0 Å². The second-order valence-corrected chi connectivity index (χ2v) is 6.28. The van der Waals surface area contributed by atoms with Gasteiger partial charge in [0.25, 0.3) is 0 Å². The minimum absolute atomic E-state index is 0.115. The Morgan fingerprint density at radius 1 is 1.04 bits per heavy atom. The first kappa shape index (κ1) is 16.4. The number of hydrogen-bond donors (Lipinski definition) is 0. The van der Waals surface area contributed by atoms with Crippen LogP contribution in [0.15, 0.2) is 71.1 Å². The zero-order chi connectivity index (χ0) is 18.1. The van der Waals surface area contributed by atoms with Gasteiger partial charge < -0.3 is 9.15 Å². The fraction of sp³-hybridized carbons (Fsp3) is 0.0476. The van der Waals surface area contributed by atoms with Crippen LogP contribution in [-0.2, 0) is 0 Å². The van der Waals surface area contributed by atoms with Gasteiger partial charge in [0.1, 0.15) is 11.3 Å². The van der Waals surface area contributed by atoms with Crippen LogP contribution in [0.1, 0.15) is 16.2 Å². The van der Waals surface area contributed by atoms with Crippen LogP contribution in [0.5, 0.6) is 5.75 Å². The highest BCUT2D eigenvalue weighted by Gasteiger charge is 2.16. The molecule has 0 atom stereocenters. The molecule has 0 amide bonds. The minimum atomic E-state index is -0.575. The van der Waals surface area contributed by atoms with Gasteiger partial charge >= 0.3 is 5.97 Å². The average Bonchev–Trinajstić information content (AvgIpc) is 3.12. The summed E-state index contributed by atoms with van der Waals surface area (Å²) in [5.41, 5.74) is 2.28. The number of nitrogens with zero attached hydrogens (tertiary/aromatic N) is 1. The van der Waals surface area contributed by atoms with E-state index in [0.29, 0.717) is 22.0 Å². The largest absolute Gasteiger partial charge is 0.449 e. The molecule has 0 saturated heterocycles. The summed E-state index contributed by atoms with van der Waals surface area (Å²) in [6.07, 6.45) is 0. The lowest BCUT2D eigenvalue weighted by Gasteiger charge is -2.06. The van der Waals surface area contributed by atoms with Gasteiger partial charge in [0.2, 0.25) is 5.76 Å². The van der Waals surface area contributed by atoms with Gasteiger partial charge in [0.15, 0.2) is 5.75 Å². The van der Waals surface area contributed by atoms with Crippen molar-refractivity contribution in [1.82, 2.24) is 4.98 Å². The molecular weight excluding hydrogens is 350 g/mol. The molecule has 0 aliphatic carbocycles. The van der Waals surface area contributed by atoms with Crippen molar-refractivity contribution in [2.75, 3.05) is 0 Å². The summed E-state index contributed by atoms with van der Waals surface area (Å²) in [4.78, 5) is 16.9. The fourth-order valence-electron chi connectivity index (χ4n) is 2.69. The Kier molecular flexibility index (Phi) is 4.19. The average molecular weight is 364 g/mol. The summed E-state index contributed by atoms with van der Waals surface area (Å²) in [6.45, 7) is 1.89. The summed E-state index contributed by atoms with van der Waals surface area (Å²) in [5, 5.41) is 1.50. The Labute approximate surface area is 155 Å². The topological polar surface area (TPSA) is 52.3 Å². The van der Waals surface area contributed by atoms with Crippen molar-refractivity contribution in [2.45, 2.75) is 6.92 Å². The van der Waals surface area contributed by atoms with E-state index >= 15 is 0 Å². The molecule has 4 rings (SSSR count). The van der Waals surface area contributed by atoms with Crippen LogP contribution in [0.4, 0.5) is 0 Å². The molecule has 0 aliphatic heterocycles. The maximum atomic E-state index is 12.5. The van der Waals surface area contributed by atoms with Gasteiger partial charge in [-0.1, -0.05) is 41.9 Å². The van der Waals surface area contributed by atoms with Crippen LogP contribution in [-0.4, -0.2) is 11.0 Å². The van der Waals surface area contributed by atoms with Crippen molar-refractivity contribution in [3.8, 4) is 17.1 Å². The van der Waals surface area contributed by atoms with E-state index in [1.54, 1.807) is 30.3 Å². The number of ether oxygens (including phenoxy) is 1. The van der Waals surface area contributed by atoms with Gasteiger partial charge in [-0.15, -0.1) is 0 Å². The van der Waals surface area contributed by atoms with Gasteiger partial charge in [-0.25, -0.2) is 9.78 Å². The molecule has 0 fully saturated rings. The first-order valence-electron chi connectivity index (χ1n) is 8.04. The Morgan fingerprint density at radius 2 is 1.88 bits per heavy atom. The van der Waals surface area contributed by atoms with Crippen molar-refractivity contribution in [2.24, 2.45) is 0 Å². The zero-order valence-corrected chi connectivity index (χ0v) is 14.7. The highest BCUT2D eigenvalue weighted by molar-refractivity contribution is 6.30.